The monoisotopic (exact) mass is 453 g/mol. The number of fused-ring (bicyclic) bond motifs is 1. The van der Waals surface area contributed by atoms with Gasteiger partial charge in [-0.05, 0) is 54.2 Å². The summed E-state index contributed by atoms with van der Waals surface area (Å²) in [5, 5.41) is 5.53. The van der Waals surface area contributed by atoms with Crippen molar-refractivity contribution in [2.75, 3.05) is 10.6 Å². The van der Waals surface area contributed by atoms with Gasteiger partial charge in [-0.1, -0.05) is 18.2 Å². The van der Waals surface area contributed by atoms with Gasteiger partial charge in [0.05, 0.1) is 16.6 Å². The third kappa shape index (κ3) is 5.09. The molecule has 0 fully saturated rings. The molecule has 0 bridgehead atoms. The van der Waals surface area contributed by atoms with Crippen LogP contribution >= 0.6 is 11.8 Å². The molecule has 7 nitrogen and oxygen atoms in total. The molecule has 0 saturated heterocycles. The Labute approximate surface area is 185 Å². The highest BCUT2D eigenvalue weighted by atomic mass is 32.2. The Hall–Kier alpha value is -3.79. The van der Waals surface area contributed by atoms with Gasteiger partial charge in [0, 0.05) is 23.8 Å². The van der Waals surface area contributed by atoms with Crippen molar-refractivity contribution in [3.05, 3.63) is 78.6 Å². The number of halogens is 2. The summed E-state index contributed by atoms with van der Waals surface area (Å²) in [5.41, 5.74) is 2.45. The van der Waals surface area contributed by atoms with E-state index in [1.807, 2.05) is 0 Å². The zero-order chi connectivity index (χ0) is 22.5. The second-order valence-corrected chi connectivity index (χ2v) is 7.63. The van der Waals surface area contributed by atoms with Crippen LogP contribution in [0.15, 0.2) is 78.2 Å². The van der Waals surface area contributed by atoms with Crippen molar-refractivity contribution in [1.29, 1.82) is 0 Å². The summed E-state index contributed by atoms with van der Waals surface area (Å²) < 4.78 is 27.4. The Morgan fingerprint density at radius 1 is 1.00 bits per heavy atom. The number of nitrogens with zero attached hydrogens (tertiary/aromatic N) is 3. The van der Waals surface area contributed by atoms with Crippen molar-refractivity contribution in [3.63, 3.8) is 0 Å². The zero-order valence-electron chi connectivity index (χ0n) is 16.5. The second kappa shape index (κ2) is 9.56. The average Bonchev–Trinajstić information content (AvgIpc) is 3.10. The molecule has 2 N–H and O–H groups in total. The zero-order valence-corrected chi connectivity index (χ0v) is 17.4. The van der Waals surface area contributed by atoms with Crippen LogP contribution in [0.5, 0.6) is 0 Å². The van der Waals surface area contributed by atoms with Crippen LogP contribution < -0.4 is 10.6 Å². The number of alkyl halides is 2. The quantitative estimate of drug-likeness (QED) is 0.398. The standard InChI is InChI=1S/C22H17F2N5O2S/c23-21(24)32-22-28-17-8-1-2-9-18(17)29(22)13-19(30)26-15-6-3-7-16(11-15)27-20(31)14-5-4-10-25-12-14/h1-12,21H,13H2,(H,26,30)(H,27,31). The number of amides is 2. The molecular weight excluding hydrogens is 436 g/mol. The number of thioether (sulfide) groups is 1. The number of benzene rings is 2. The minimum atomic E-state index is -2.66. The molecule has 2 amide bonds. The predicted octanol–water partition coefficient (Wildman–Crippen LogP) is 4.64. The van der Waals surface area contributed by atoms with Crippen molar-refractivity contribution in [2.24, 2.45) is 0 Å². The van der Waals surface area contributed by atoms with Crippen LogP contribution in [0.25, 0.3) is 11.0 Å². The van der Waals surface area contributed by atoms with Gasteiger partial charge in [0.2, 0.25) is 5.91 Å². The van der Waals surface area contributed by atoms with Crippen LogP contribution in [-0.2, 0) is 11.3 Å². The molecule has 2 aromatic heterocycles. The lowest BCUT2D eigenvalue weighted by Crippen LogP contribution is -2.19. The van der Waals surface area contributed by atoms with Crippen LogP contribution in [0.1, 0.15) is 10.4 Å². The molecule has 162 valence electrons. The molecule has 0 spiro atoms. The summed E-state index contributed by atoms with van der Waals surface area (Å²) in [4.78, 5) is 33.1. The fourth-order valence-electron chi connectivity index (χ4n) is 3.10. The van der Waals surface area contributed by atoms with Gasteiger partial charge in [0.15, 0.2) is 5.16 Å². The number of nitrogens with one attached hydrogen (secondary N) is 2. The van der Waals surface area contributed by atoms with E-state index in [2.05, 4.69) is 20.6 Å². The van der Waals surface area contributed by atoms with Crippen LogP contribution in [0.4, 0.5) is 20.2 Å². The van der Waals surface area contributed by atoms with Gasteiger partial charge >= 0.3 is 0 Å². The number of aromatic nitrogens is 3. The summed E-state index contributed by atoms with van der Waals surface area (Å²) in [6.07, 6.45) is 3.02. The van der Waals surface area contributed by atoms with E-state index < -0.39 is 11.7 Å². The first-order chi connectivity index (χ1) is 15.5. The molecule has 0 atom stereocenters. The maximum atomic E-state index is 13.0. The van der Waals surface area contributed by atoms with E-state index in [4.69, 9.17) is 0 Å². The van der Waals surface area contributed by atoms with E-state index in [1.165, 1.54) is 10.8 Å². The van der Waals surface area contributed by atoms with Gasteiger partial charge < -0.3 is 15.2 Å². The smallest absolute Gasteiger partial charge is 0.291 e. The van der Waals surface area contributed by atoms with Gasteiger partial charge in [-0.25, -0.2) is 4.98 Å². The molecular formula is C22H17F2N5O2S. The Bertz CT molecular complexity index is 1260. The molecule has 0 aliphatic heterocycles. The fraction of sp³-hybridized carbons (Fsp3) is 0.0909. The van der Waals surface area contributed by atoms with Crippen molar-refractivity contribution in [1.82, 2.24) is 14.5 Å². The number of para-hydroxylation sites is 2. The van der Waals surface area contributed by atoms with Gasteiger partial charge in [-0.2, -0.15) is 8.78 Å². The van der Waals surface area contributed by atoms with E-state index in [0.29, 0.717) is 39.7 Å². The number of carbonyl (C=O) groups excluding carboxylic acids is 2. The van der Waals surface area contributed by atoms with E-state index in [9.17, 15) is 18.4 Å². The number of anilines is 2. The molecule has 0 aliphatic carbocycles. The average molecular weight is 453 g/mol. The Morgan fingerprint density at radius 3 is 2.53 bits per heavy atom. The fourth-order valence-corrected chi connectivity index (χ4v) is 3.70. The molecule has 0 unspecified atom stereocenters. The van der Waals surface area contributed by atoms with Crippen molar-refractivity contribution < 1.29 is 18.4 Å². The molecule has 0 radical (unpaired) electrons. The van der Waals surface area contributed by atoms with Gasteiger partial charge in [-0.3, -0.25) is 14.6 Å². The first kappa shape index (κ1) is 21.4. The molecule has 0 aliphatic rings. The normalized spacial score (nSPS) is 11.0. The number of carbonyl (C=O) groups is 2. The number of imidazole rings is 1. The van der Waals surface area contributed by atoms with Crippen LogP contribution in [0.2, 0.25) is 0 Å². The summed E-state index contributed by atoms with van der Waals surface area (Å²) in [5.74, 6) is -3.41. The SMILES string of the molecule is O=C(Cn1c(SC(F)F)nc2ccccc21)Nc1cccc(NC(=O)c2cccnc2)c1. The van der Waals surface area contributed by atoms with Crippen molar-refractivity contribution >= 4 is 46.0 Å². The Kier molecular flexibility index (Phi) is 6.41. The Balaban J connectivity index is 1.48. The highest BCUT2D eigenvalue weighted by Gasteiger charge is 2.18. The van der Waals surface area contributed by atoms with E-state index in [-0.39, 0.29) is 17.6 Å². The third-order valence-corrected chi connectivity index (χ3v) is 5.14. The van der Waals surface area contributed by atoms with Crippen LogP contribution in [-0.4, -0.2) is 32.1 Å². The number of rotatable bonds is 7. The predicted molar refractivity (Wildman–Crippen MR) is 119 cm³/mol. The maximum absolute atomic E-state index is 13.0. The van der Waals surface area contributed by atoms with Gasteiger partial charge in [-0.15, -0.1) is 0 Å². The Morgan fingerprint density at radius 2 is 1.78 bits per heavy atom. The van der Waals surface area contributed by atoms with E-state index in [0.717, 1.165) is 0 Å². The number of hydrogen-bond acceptors (Lipinski definition) is 5. The molecule has 4 aromatic rings. The van der Waals surface area contributed by atoms with Crippen molar-refractivity contribution in [3.8, 4) is 0 Å². The summed E-state index contributed by atoms with van der Waals surface area (Å²) in [7, 11) is 0. The first-order valence-electron chi connectivity index (χ1n) is 9.51. The van der Waals surface area contributed by atoms with Gasteiger partial charge in [0.25, 0.3) is 11.7 Å². The second-order valence-electron chi connectivity index (χ2n) is 6.67. The van der Waals surface area contributed by atoms with Crippen LogP contribution in [0.3, 0.4) is 0 Å². The summed E-state index contributed by atoms with van der Waals surface area (Å²) >= 11 is 0.292. The summed E-state index contributed by atoms with van der Waals surface area (Å²) in [6.45, 7) is -0.193. The minimum Gasteiger partial charge on any atom is -0.324 e. The van der Waals surface area contributed by atoms with E-state index >= 15 is 0 Å². The highest BCUT2D eigenvalue weighted by molar-refractivity contribution is 7.99. The molecule has 4 rings (SSSR count). The third-order valence-electron chi connectivity index (χ3n) is 4.44. The van der Waals surface area contributed by atoms with Crippen LogP contribution in [0, 0.1) is 0 Å². The lowest BCUT2D eigenvalue weighted by molar-refractivity contribution is -0.116. The number of hydrogen-bond donors (Lipinski definition) is 2. The molecule has 0 saturated carbocycles. The maximum Gasteiger partial charge on any atom is 0.291 e. The first-order valence-corrected chi connectivity index (χ1v) is 10.4. The molecule has 2 aromatic carbocycles. The molecule has 2 heterocycles. The lowest BCUT2D eigenvalue weighted by Gasteiger charge is -2.11. The molecule has 32 heavy (non-hydrogen) atoms. The highest BCUT2D eigenvalue weighted by Crippen LogP contribution is 2.28. The lowest BCUT2D eigenvalue weighted by atomic mass is 10.2. The molecule has 10 heteroatoms. The largest absolute Gasteiger partial charge is 0.324 e. The van der Waals surface area contributed by atoms with Gasteiger partial charge in [0.1, 0.15) is 6.54 Å². The van der Waals surface area contributed by atoms with E-state index in [1.54, 1.807) is 66.9 Å². The summed E-state index contributed by atoms with van der Waals surface area (Å²) in [6, 6.07) is 16.9. The minimum absolute atomic E-state index is 0.0637. The topological polar surface area (TPSA) is 88.9 Å². The number of pyridine rings is 1. The van der Waals surface area contributed by atoms with Crippen molar-refractivity contribution in [2.45, 2.75) is 17.5 Å².